The van der Waals surface area contributed by atoms with Gasteiger partial charge < -0.3 is 9.84 Å². The maximum atomic E-state index is 13.1. The number of quaternary nitrogens is 1. The van der Waals surface area contributed by atoms with Gasteiger partial charge in [0.1, 0.15) is 24.4 Å². The average Bonchev–Trinajstić information content (AvgIpc) is 2.87. The molecule has 1 fully saturated rings. The highest BCUT2D eigenvalue weighted by Crippen LogP contribution is 2.57. The topological polar surface area (TPSA) is 67.6 Å². The monoisotopic (exact) mass is 467 g/mol. The summed E-state index contributed by atoms with van der Waals surface area (Å²) in [5.41, 5.74) is 3.26. The average molecular weight is 468 g/mol. The van der Waals surface area contributed by atoms with Gasteiger partial charge in [0.15, 0.2) is 16.8 Å². The van der Waals surface area contributed by atoms with E-state index in [2.05, 4.69) is 22.1 Å². The SMILES string of the molecule is CC(C)(O)c1ncc(-c2ccc3c(c2)C[N@+]24C[C@@H](S3)C2=Nc2cccc(OC(F)F)c24)cn1. The van der Waals surface area contributed by atoms with Crippen molar-refractivity contribution in [2.24, 2.45) is 4.99 Å². The van der Waals surface area contributed by atoms with E-state index in [1.165, 1.54) is 4.90 Å². The lowest BCUT2D eigenvalue weighted by Gasteiger charge is -2.44. The number of aliphatic imine (C=N–C) groups is 1. The Labute approximate surface area is 193 Å². The molecule has 6 nitrogen and oxygen atoms in total. The molecule has 1 aromatic heterocycles. The smallest absolute Gasteiger partial charge is 0.387 e. The molecular formula is C24H21F2N4O2S+. The van der Waals surface area contributed by atoms with E-state index in [0.29, 0.717) is 22.5 Å². The number of thioether (sulfide) groups is 1. The first kappa shape index (κ1) is 20.7. The van der Waals surface area contributed by atoms with E-state index in [1.807, 2.05) is 12.1 Å². The minimum absolute atomic E-state index is 0.194. The quantitative estimate of drug-likeness (QED) is 0.547. The van der Waals surface area contributed by atoms with E-state index < -0.39 is 12.2 Å². The molecule has 2 aromatic carbocycles. The zero-order chi connectivity index (χ0) is 23.0. The van der Waals surface area contributed by atoms with Gasteiger partial charge in [-0.05, 0) is 43.7 Å². The van der Waals surface area contributed by atoms with E-state index in [-0.39, 0.29) is 11.0 Å². The van der Waals surface area contributed by atoms with Crippen LogP contribution in [-0.2, 0) is 12.1 Å². The van der Waals surface area contributed by atoms with Crippen LogP contribution >= 0.6 is 11.8 Å². The van der Waals surface area contributed by atoms with Crippen molar-refractivity contribution < 1.29 is 18.6 Å². The molecule has 33 heavy (non-hydrogen) atoms. The molecule has 1 spiro atoms. The molecule has 168 valence electrons. The summed E-state index contributed by atoms with van der Waals surface area (Å²) >= 11 is 1.77. The minimum Gasteiger partial charge on any atom is -0.428 e. The van der Waals surface area contributed by atoms with Gasteiger partial charge >= 0.3 is 6.61 Å². The van der Waals surface area contributed by atoms with Gasteiger partial charge in [-0.15, -0.1) is 11.8 Å². The van der Waals surface area contributed by atoms with Crippen LogP contribution in [-0.4, -0.2) is 39.3 Å². The third-order valence-electron chi connectivity index (χ3n) is 6.36. The highest BCUT2D eigenvalue weighted by atomic mass is 32.2. The Morgan fingerprint density at radius 3 is 2.67 bits per heavy atom. The summed E-state index contributed by atoms with van der Waals surface area (Å²) in [5.74, 6) is 1.55. The first-order valence-electron chi connectivity index (χ1n) is 10.6. The van der Waals surface area contributed by atoms with Gasteiger partial charge in [-0.25, -0.2) is 14.5 Å². The largest absolute Gasteiger partial charge is 0.428 e. The summed E-state index contributed by atoms with van der Waals surface area (Å²) in [6.07, 6.45) is 3.43. The lowest BCUT2D eigenvalue weighted by molar-refractivity contribution is -0.0502. The van der Waals surface area contributed by atoms with Crippen molar-refractivity contribution in [2.45, 2.75) is 42.8 Å². The van der Waals surface area contributed by atoms with Crippen molar-refractivity contribution >= 4 is 29.0 Å². The van der Waals surface area contributed by atoms with Gasteiger partial charge in [0.25, 0.3) is 0 Å². The molecule has 9 heteroatoms. The van der Waals surface area contributed by atoms with Crippen molar-refractivity contribution in [3.8, 4) is 16.9 Å². The predicted molar refractivity (Wildman–Crippen MR) is 123 cm³/mol. The van der Waals surface area contributed by atoms with Crippen molar-refractivity contribution in [1.82, 2.24) is 14.5 Å². The summed E-state index contributed by atoms with van der Waals surface area (Å²) in [5, 5.41) is 10.3. The molecule has 0 unspecified atom stereocenters. The van der Waals surface area contributed by atoms with E-state index in [0.717, 1.165) is 34.8 Å². The fourth-order valence-electron chi connectivity index (χ4n) is 4.89. The Morgan fingerprint density at radius 2 is 1.94 bits per heavy atom. The number of ether oxygens (including phenoxy) is 1. The number of hydrogen-bond donors (Lipinski definition) is 1. The Balaban J connectivity index is 1.39. The maximum Gasteiger partial charge on any atom is 0.387 e. The molecule has 3 aromatic rings. The van der Waals surface area contributed by atoms with Crippen LogP contribution in [0.2, 0.25) is 0 Å². The molecule has 1 N–H and O–H groups in total. The molecule has 0 aliphatic carbocycles. The Morgan fingerprint density at radius 1 is 1.15 bits per heavy atom. The molecule has 3 aliphatic heterocycles. The number of nitrogens with zero attached hydrogens (tertiary/aromatic N) is 4. The molecule has 2 bridgehead atoms. The first-order chi connectivity index (χ1) is 15.7. The van der Waals surface area contributed by atoms with Crippen molar-refractivity contribution in [3.63, 3.8) is 0 Å². The Hall–Kier alpha value is -2.88. The zero-order valence-corrected chi connectivity index (χ0v) is 18.8. The number of para-hydroxylation sites is 1. The lowest BCUT2D eigenvalue weighted by atomic mass is 10.00. The van der Waals surface area contributed by atoms with E-state index in [4.69, 9.17) is 9.73 Å². The van der Waals surface area contributed by atoms with Crippen molar-refractivity contribution in [1.29, 1.82) is 0 Å². The fraction of sp³-hybridized carbons (Fsp3) is 0.292. The summed E-state index contributed by atoms with van der Waals surface area (Å²) < 4.78 is 31.5. The van der Waals surface area contributed by atoms with Crippen molar-refractivity contribution in [3.05, 3.63) is 60.2 Å². The second-order valence-corrected chi connectivity index (χ2v) is 10.3. The molecule has 0 amide bonds. The highest BCUT2D eigenvalue weighted by molar-refractivity contribution is 8.00. The van der Waals surface area contributed by atoms with Crippen LogP contribution in [0.15, 0.2) is 58.7 Å². The van der Waals surface area contributed by atoms with Crippen molar-refractivity contribution in [2.75, 3.05) is 6.54 Å². The number of aliphatic hydroxyl groups is 1. The van der Waals surface area contributed by atoms with E-state index in [9.17, 15) is 13.9 Å². The summed E-state index contributed by atoms with van der Waals surface area (Å²) in [6, 6.07) is 11.4. The molecule has 2 atom stereocenters. The number of hydrogen-bond acceptors (Lipinski definition) is 6. The number of aromatic nitrogens is 2. The Kier molecular flexibility index (Phi) is 4.43. The Bertz CT molecular complexity index is 1310. The second-order valence-electron chi connectivity index (χ2n) is 9.06. The number of benzene rings is 2. The molecule has 0 saturated carbocycles. The van der Waals surface area contributed by atoms with Crippen LogP contribution in [0.4, 0.5) is 20.2 Å². The van der Waals surface area contributed by atoms with Crippen LogP contribution in [0.3, 0.4) is 0 Å². The van der Waals surface area contributed by atoms with Crippen LogP contribution in [0.5, 0.6) is 5.75 Å². The van der Waals surface area contributed by atoms with Gasteiger partial charge in [0.05, 0.1) is 0 Å². The number of rotatable bonds is 4. The number of amidine groups is 1. The van der Waals surface area contributed by atoms with E-state index in [1.54, 1.807) is 50.1 Å². The fourth-order valence-corrected chi connectivity index (χ4v) is 6.31. The van der Waals surface area contributed by atoms with Crippen LogP contribution in [0.25, 0.3) is 11.1 Å². The van der Waals surface area contributed by atoms with Gasteiger partial charge in [0.2, 0.25) is 11.5 Å². The normalized spacial score (nSPS) is 22.6. The predicted octanol–water partition coefficient (Wildman–Crippen LogP) is 5.01. The molecule has 1 saturated heterocycles. The van der Waals surface area contributed by atoms with Crippen LogP contribution in [0, 0.1) is 0 Å². The molecular weight excluding hydrogens is 446 g/mol. The van der Waals surface area contributed by atoms with Crippen LogP contribution in [0.1, 0.15) is 25.2 Å². The molecule has 4 heterocycles. The number of fused-ring (bicyclic) bond motifs is 4. The van der Waals surface area contributed by atoms with Crippen LogP contribution < -0.4 is 9.22 Å². The highest BCUT2D eigenvalue weighted by Gasteiger charge is 2.61. The molecule has 3 aliphatic rings. The first-order valence-corrected chi connectivity index (χ1v) is 11.5. The van der Waals surface area contributed by atoms with E-state index >= 15 is 0 Å². The van der Waals surface area contributed by atoms with Gasteiger partial charge in [-0.2, -0.15) is 13.8 Å². The summed E-state index contributed by atoms with van der Waals surface area (Å²) in [6.45, 7) is 1.81. The third-order valence-corrected chi connectivity index (χ3v) is 7.66. The molecule has 0 radical (unpaired) electrons. The summed E-state index contributed by atoms with van der Waals surface area (Å²) in [4.78, 5) is 14.6. The van der Waals surface area contributed by atoms with Gasteiger partial charge in [0, 0.05) is 28.4 Å². The summed E-state index contributed by atoms with van der Waals surface area (Å²) in [7, 11) is 0. The standard InChI is InChI=1S/C24H21F2N4O2S/c1-24(2,31)22-27-9-15(10-28-22)13-6-7-18-14(8-13)11-30-12-19(33-18)21(30)29-16-4-3-5-17(20(16)30)32-23(25)26/h3-10,19,23,31H,11-12H2,1-2H3/q+1/t19-,30-/m1/s1. The van der Waals surface area contributed by atoms with Gasteiger partial charge in [-0.1, -0.05) is 12.1 Å². The molecule has 6 rings (SSSR count). The zero-order valence-electron chi connectivity index (χ0n) is 18.0. The maximum absolute atomic E-state index is 13.1. The minimum atomic E-state index is -2.89. The second kappa shape index (κ2) is 7.06. The van der Waals surface area contributed by atoms with Gasteiger partial charge in [-0.3, -0.25) is 0 Å². The lowest BCUT2D eigenvalue weighted by Crippen LogP contribution is -2.68. The number of alkyl halides is 2. The number of halogens is 2. The third kappa shape index (κ3) is 3.18.